The van der Waals surface area contributed by atoms with Gasteiger partial charge in [-0.05, 0) is 18.8 Å². The van der Waals surface area contributed by atoms with Crippen molar-refractivity contribution < 1.29 is 13.2 Å². The van der Waals surface area contributed by atoms with Crippen LogP contribution in [-0.4, -0.2) is 32.6 Å². The average molecular weight is 339 g/mol. The predicted octanol–water partition coefficient (Wildman–Crippen LogP) is 2.03. The highest BCUT2D eigenvalue weighted by molar-refractivity contribution is 5.38. The van der Waals surface area contributed by atoms with Gasteiger partial charge in [0.15, 0.2) is 11.6 Å². The van der Waals surface area contributed by atoms with Gasteiger partial charge in [0.1, 0.15) is 12.0 Å². The standard InChI is InChI=1S/C15H16F3N5O/c16-11-6-19-8-20-15(11)22-3-1-10(2-4-22)7-23-9-21-12(14(17)18)5-13(23)24/h5-6,8-10,14H,1-4,7H2. The topological polar surface area (TPSA) is 63.9 Å². The molecule has 1 aliphatic heterocycles. The molecule has 0 aliphatic carbocycles. The highest BCUT2D eigenvalue weighted by atomic mass is 19.3. The minimum atomic E-state index is -2.75. The maximum atomic E-state index is 13.7. The lowest BCUT2D eigenvalue weighted by molar-refractivity contribution is 0.145. The summed E-state index contributed by atoms with van der Waals surface area (Å²) >= 11 is 0. The third-order valence-electron chi connectivity index (χ3n) is 4.14. The number of hydrogen-bond acceptors (Lipinski definition) is 5. The van der Waals surface area contributed by atoms with Crippen molar-refractivity contribution in [2.24, 2.45) is 5.92 Å². The van der Waals surface area contributed by atoms with E-state index in [1.165, 1.54) is 17.2 Å². The summed E-state index contributed by atoms with van der Waals surface area (Å²) in [7, 11) is 0. The maximum Gasteiger partial charge on any atom is 0.280 e. The van der Waals surface area contributed by atoms with Crippen LogP contribution in [0.5, 0.6) is 0 Å². The molecule has 0 bridgehead atoms. The van der Waals surface area contributed by atoms with Crippen LogP contribution in [0, 0.1) is 11.7 Å². The molecule has 0 unspecified atom stereocenters. The number of halogens is 3. The molecular weight excluding hydrogens is 323 g/mol. The van der Waals surface area contributed by atoms with E-state index in [1.54, 1.807) is 0 Å². The van der Waals surface area contributed by atoms with Gasteiger partial charge in [0.25, 0.3) is 12.0 Å². The van der Waals surface area contributed by atoms with Crippen LogP contribution < -0.4 is 10.5 Å². The zero-order valence-electron chi connectivity index (χ0n) is 12.8. The van der Waals surface area contributed by atoms with Crippen molar-refractivity contribution >= 4 is 5.82 Å². The Balaban J connectivity index is 1.62. The molecular formula is C15H16F3N5O. The maximum absolute atomic E-state index is 13.7. The molecule has 0 atom stereocenters. The lowest BCUT2D eigenvalue weighted by Gasteiger charge is -2.32. The van der Waals surface area contributed by atoms with Crippen LogP contribution in [0.2, 0.25) is 0 Å². The molecule has 2 aromatic heterocycles. The van der Waals surface area contributed by atoms with Gasteiger partial charge in [-0.3, -0.25) is 9.36 Å². The van der Waals surface area contributed by atoms with Gasteiger partial charge in [-0.2, -0.15) is 0 Å². The van der Waals surface area contributed by atoms with Gasteiger partial charge in [-0.15, -0.1) is 0 Å². The van der Waals surface area contributed by atoms with Crippen molar-refractivity contribution in [3.8, 4) is 0 Å². The van der Waals surface area contributed by atoms with Crippen molar-refractivity contribution in [2.45, 2.75) is 25.8 Å². The fraction of sp³-hybridized carbons (Fsp3) is 0.467. The van der Waals surface area contributed by atoms with Crippen LogP contribution in [0.4, 0.5) is 19.0 Å². The summed E-state index contributed by atoms with van der Waals surface area (Å²) in [4.78, 5) is 24.9. The van der Waals surface area contributed by atoms with E-state index in [0.717, 1.165) is 25.1 Å². The van der Waals surface area contributed by atoms with E-state index in [4.69, 9.17) is 0 Å². The van der Waals surface area contributed by atoms with Gasteiger partial charge in [0.2, 0.25) is 0 Å². The van der Waals surface area contributed by atoms with Crippen LogP contribution in [0.1, 0.15) is 25.0 Å². The van der Waals surface area contributed by atoms with Crippen molar-refractivity contribution in [2.75, 3.05) is 18.0 Å². The Morgan fingerprint density at radius 2 is 2.00 bits per heavy atom. The molecule has 0 aromatic carbocycles. The quantitative estimate of drug-likeness (QED) is 0.853. The van der Waals surface area contributed by atoms with Crippen LogP contribution in [0.25, 0.3) is 0 Å². The molecule has 0 amide bonds. The summed E-state index contributed by atoms with van der Waals surface area (Å²) in [5, 5.41) is 0. The summed E-state index contributed by atoms with van der Waals surface area (Å²) < 4.78 is 40.1. The highest BCUT2D eigenvalue weighted by Gasteiger charge is 2.23. The lowest BCUT2D eigenvalue weighted by Crippen LogP contribution is -2.37. The largest absolute Gasteiger partial charge is 0.354 e. The third-order valence-corrected chi connectivity index (χ3v) is 4.14. The normalized spacial score (nSPS) is 15.9. The summed E-state index contributed by atoms with van der Waals surface area (Å²) in [6, 6.07) is 0.871. The summed E-state index contributed by atoms with van der Waals surface area (Å²) in [5.74, 6) is 0.0191. The number of rotatable bonds is 4. The van der Waals surface area contributed by atoms with Crippen LogP contribution in [0.3, 0.4) is 0 Å². The Kier molecular flexibility index (Phi) is 4.77. The zero-order chi connectivity index (χ0) is 17.1. The molecule has 1 saturated heterocycles. The predicted molar refractivity (Wildman–Crippen MR) is 80.4 cm³/mol. The van der Waals surface area contributed by atoms with Gasteiger partial charge < -0.3 is 4.90 Å². The fourth-order valence-corrected chi connectivity index (χ4v) is 2.84. The molecule has 128 valence electrons. The molecule has 1 fully saturated rings. The van der Waals surface area contributed by atoms with E-state index in [2.05, 4.69) is 15.0 Å². The van der Waals surface area contributed by atoms with Crippen LogP contribution in [0.15, 0.2) is 29.7 Å². The van der Waals surface area contributed by atoms with Gasteiger partial charge in [-0.1, -0.05) is 0 Å². The number of piperidine rings is 1. The van der Waals surface area contributed by atoms with E-state index in [0.29, 0.717) is 19.6 Å². The molecule has 3 heterocycles. The second-order valence-corrected chi connectivity index (χ2v) is 5.73. The first-order chi connectivity index (χ1) is 11.5. The molecule has 0 radical (unpaired) electrons. The second-order valence-electron chi connectivity index (χ2n) is 5.73. The number of aromatic nitrogens is 4. The molecule has 0 spiro atoms. The van der Waals surface area contributed by atoms with Crippen molar-refractivity contribution in [3.63, 3.8) is 0 Å². The van der Waals surface area contributed by atoms with E-state index < -0.39 is 23.5 Å². The average Bonchev–Trinajstić information content (AvgIpc) is 2.58. The zero-order valence-corrected chi connectivity index (χ0v) is 12.8. The van der Waals surface area contributed by atoms with Crippen LogP contribution >= 0.6 is 0 Å². The first-order valence-corrected chi connectivity index (χ1v) is 7.59. The number of anilines is 1. The minimum absolute atomic E-state index is 0.197. The van der Waals surface area contributed by atoms with Crippen molar-refractivity contribution in [1.29, 1.82) is 0 Å². The molecule has 6 nitrogen and oxygen atoms in total. The summed E-state index contributed by atoms with van der Waals surface area (Å²) in [6.45, 7) is 1.63. The van der Waals surface area contributed by atoms with Gasteiger partial charge in [0.05, 0.1) is 12.5 Å². The molecule has 1 aliphatic rings. The van der Waals surface area contributed by atoms with E-state index in [1.807, 2.05) is 4.90 Å². The molecule has 3 rings (SSSR count). The molecule has 0 saturated carbocycles. The van der Waals surface area contributed by atoms with Gasteiger partial charge in [-0.25, -0.2) is 28.1 Å². The number of nitrogens with zero attached hydrogens (tertiary/aromatic N) is 5. The Hall–Kier alpha value is -2.45. The first kappa shape index (κ1) is 16.4. The van der Waals surface area contributed by atoms with Crippen molar-refractivity contribution in [3.05, 3.63) is 46.8 Å². The highest BCUT2D eigenvalue weighted by Crippen LogP contribution is 2.24. The van der Waals surface area contributed by atoms with E-state index in [-0.39, 0.29) is 11.7 Å². The fourth-order valence-electron chi connectivity index (χ4n) is 2.84. The van der Waals surface area contributed by atoms with E-state index in [9.17, 15) is 18.0 Å². The monoisotopic (exact) mass is 339 g/mol. The number of alkyl halides is 2. The van der Waals surface area contributed by atoms with Gasteiger partial charge >= 0.3 is 0 Å². The second kappa shape index (κ2) is 6.98. The smallest absolute Gasteiger partial charge is 0.280 e. The van der Waals surface area contributed by atoms with Crippen molar-refractivity contribution in [1.82, 2.24) is 19.5 Å². The lowest BCUT2D eigenvalue weighted by atomic mass is 9.96. The molecule has 2 aromatic rings. The van der Waals surface area contributed by atoms with Gasteiger partial charge in [0, 0.05) is 25.7 Å². The van der Waals surface area contributed by atoms with E-state index >= 15 is 0 Å². The molecule has 24 heavy (non-hydrogen) atoms. The Labute approximate surface area is 136 Å². The Morgan fingerprint density at radius 1 is 1.25 bits per heavy atom. The molecule has 9 heteroatoms. The minimum Gasteiger partial charge on any atom is -0.354 e. The van der Waals surface area contributed by atoms with Crippen LogP contribution in [-0.2, 0) is 6.54 Å². The summed E-state index contributed by atoms with van der Waals surface area (Å²) in [5.41, 5.74) is -0.991. The Morgan fingerprint density at radius 3 is 2.62 bits per heavy atom. The third kappa shape index (κ3) is 3.55. The summed E-state index contributed by atoms with van der Waals surface area (Å²) in [6.07, 6.45) is 2.34. The Bertz CT molecular complexity index is 759. The number of hydrogen-bond donors (Lipinski definition) is 0. The first-order valence-electron chi connectivity index (χ1n) is 7.59. The SMILES string of the molecule is O=c1cc(C(F)F)ncn1CC1CCN(c2ncncc2F)CC1. The molecule has 0 N–H and O–H groups in total.